The molecule has 134 valence electrons. The highest BCUT2D eigenvalue weighted by Gasteiger charge is 2.27. The molecule has 0 radical (unpaired) electrons. The van der Waals surface area contributed by atoms with Crippen LogP contribution in [-0.4, -0.2) is 26.8 Å². The lowest BCUT2D eigenvalue weighted by Crippen LogP contribution is -2.25. The van der Waals surface area contributed by atoms with E-state index in [-0.39, 0.29) is 17.3 Å². The van der Waals surface area contributed by atoms with Crippen molar-refractivity contribution in [2.24, 2.45) is 0 Å². The molecule has 0 aliphatic carbocycles. The molecule has 0 fully saturated rings. The molecule has 0 aliphatic heterocycles. The second-order valence-corrected chi connectivity index (χ2v) is 5.80. The van der Waals surface area contributed by atoms with Crippen molar-refractivity contribution in [2.75, 3.05) is 0 Å². The molecule has 1 unspecified atom stereocenters. The van der Waals surface area contributed by atoms with Crippen LogP contribution in [0.15, 0.2) is 54.6 Å². The van der Waals surface area contributed by atoms with Crippen molar-refractivity contribution < 1.29 is 24.4 Å². The molecule has 0 aliphatic rings. The molecule has 0 aromatic heterocycles. The Hall–Kier alpha value is -3.13. The Morgan fingerprint density at radius 3 is 2.27 bits per heavy atom. The molecule has 0 heterocycles. The summed E-state index contributed by atoms with van der Waals surface area (Å²) in [6.45, 7) is -0.0445. The predicted molar refractivity (Wildman–Crippen MR) is 96.9 cm³/mol. The minimum absolute atomic E-state index is 0.0445. The van der Waals surface area contributed by atoms with Crippen molar-refractivity contribution in [3.8, 4) is 0 Å². The number of carbonyl (C=O) groups is 2. The van der Waals surface area contributed by atoms with Crippen LogP contribution in [0.25, 0.3) is 0 Å². The smallest absolute Gasteiger partial charge is 0.304 e. The molecule has 2 rings (SSSR count). The van der Waals surface area contributed by atoms with Gasteiger partial charge in [-0.2, -0.15) is 0 Å². The molecule has 0 amide bonds. The summed E-state index contributed by atoms with van der Waals surface area (Å²) in [5, 5.41) is 19.4. The van der Waals surface area contributed by atoms with Gasteiger partial charge in [0.05, 0.1) is 17.3 Å². The van der Waals surface area contributed by atoms with Crippen LogP contribution in [0.4, 0.5) is 5.69 Å². The van der Waals surface area contributed by atoms with E-state index in [4.69, 9.17) is 22.1 Å². The zero-order valence-corrected chi connectivity index (χ0v) is 14.3. The number of rotatable bonds is 8. The van der Waals surface area contributed by atoms with Gasteiger partial charge in [0.15, 0.2) is 0 Å². The van der Waals surface area contributed by atoms with Crippen LogP contribution in [0, 0.1) is 10.1 Å². The van der Waals surface area contributed by atoms with E-state index in [1.165, 1.54) is 24.3 Å². The van der Waals surface area contributed by atoms with Gasteiger partial charge in [0.2, 0.25) is 10.8 Å². The highest BCUT2D eigenvalue weighted by atomic mass is 32.1. The summed E-state index contributed by atoms with van der Waals surface area (Å²) < 4.78 is 5.29. The molecule has 0 saturated carbocycles. The number of nitro groups is 1. The zero-order valence-electron chi connectivity index (χ0n) is 13.5. The Balaban J connectivity index is 2.05. The fourth-order valence-electron chi connectivity index (χ4n) is 2.30. The standard InChI is InChI=1S/C18H15NO6S/c20-16(21)10-15(13-4-2-1-3-5-13)17(22)18(26)25-11-12-6-8-14(9-7-12)19(23)24/h1-9,15H,10-11H2,(H,20,21). The number of non-ortho nitro benzene ring substituents is 1. The molecule has 26 heavy (non-hydrogen) atoms. The summed E-state index contributed by atoms with van der Waals surface area (Å²) in [5.41, 5.74) is 1.08. The van der Waals surface area contributed by atoms with Gasteiger partial charge < -0.3 is 9.84 Å². The van der Waals surface area contributed by atoms with Gasteiger partial charge >= 0.3 is 5.97 Å². The molecule has 1 atom stereocenters. The predicted octanol–water partition coefficient (Wildman–Crippen LogP) is 3.27. The second kappa shape index (κ2) is 8.82. The van der Waals surface area contributed by atoms with Gasteiger partial charge in [-0.1, -0.05) is 30.3 Å². The van der Waals surface area contributed by atoms with Gasteiger partial charge in [0.25, 0.3) is 5.69 Å². The fraction of sp³-hybridized carbons (Fsp3) is 0.167. The fourth-order valence-corrected chi connectivity index (χ4v) is 2.50. The first-order valence-corrected chi connectivity index (χ1v) is 8.00. The lowest BCUT2D eigenvalue weighted by Gasteiger charge is -2.15. The summed E-state index contributed by atoms with van der Waals surface area (Å²) in [4.78, 5) is 33.7. The highest BCUT2D eigenvalue weighted by Crippen LogP contribution is 2.22. The maximum Gasteiger partial charge on any atom is 0.304 e. The Bertz CT molecular complexity index is 819. The molecular weight excluding hydrogens is 358 g/mol. The molecule has 0 bridgehead atoms. The van der Waals surface area contributed by atoms with Crippen molar-refractivity contribution in [3.63, 3.8) is 0 Å². The van der Waals surface area contributed by atoms with E-state index < -0.39 is 29.0 Å². The lowest BCUT2D eigenvalue weighted by atomic mass is 9.92. The van der Waals surface area contributed by atoms with Crippen molar-refractivity contribution >= 4 is 34.7 Å². The SMILES string of the molecule is O=C(O)CC(C(=O)C(=S)OCc1ccc([N+](=O)[O-])cc1)c1ccccc1. The van der Waals surface area contributed by atoms with Gasteiger partial charge in [0, 0.05) is 12.1 Å². The second-order valence-electron chi connectivity index (χ2n) is 5.43. The number of hydrogen-bond acceptors (Lipinski definition) is 6. The molecule has 2 aromatic rings. The third-order valence-electron chi connectivity index (χ3n) is 3.62. The summed E-state index contributed by atoms with van der Waals surface area (Å²) in [5.74, 6) is -2.64. The normalized spacial score (nSPS) is 11.4. The van der Waals surface area contributed by atoms with Crippen molar-refractivity contribution in [3.05, 3.63) is 75.8 Å². The first-order chi connectivity index (χ1) is 12.4. The van der Waals surface area contributed by atoms with Crippen LogP contribution in [0.3, 0.4) is 0 Å². The van der Waals surface area contributed by atoms with Crippen molar-refractivity contribution in [1.29, 1.82) is 0 Å². The Morgan fingerprint density at radius 1 is 1.12 bits per heavy atom. The maximum absolute atomic E-state index is 12.5. The average molecular weight is 373 g/mol. The van der Waals surface area contributed by atoms with Crippen LogP contribution in [0.1, 0.15) is 23.5 Å². The molecule has 7 nitrogen and oxygen atoms in total. The molecule has 8 heteroatoms. The van der Waals surface area contributed by atoms with E-state index in [0.717, 1.165) is 0 Å². The summed E-state index contributed by atoms with van der Waals surface area (Å²) in [6.07, 6.45) is -0.399. The molecule has 0 saturated heterocycles. The van der Waals surface area contributed by atoms with E-state index in [9.17, 15) is 19.7 Å². The largest absolute Gasteiger partial charge is 0.481 e. The van der Waals surface area contributed by atoms with Crippen LogP contribution in [-0.2, 0) is 20.9 Å². The number of benzene rings is 2. The van der Waals surface area contributed by atoms with Gasteiger partial charge in [-0.3, -0.25) is 19.7 Å². The average Bonchev–Trinajstić information content (AvgIpc) is 2.64. The summed E-state index contributed by atoms with van der Waals surface area (Å²) in [7, 11) is 0. The maximum atomic E-state index is 12.5. The molecule has 2 aromatic carbocycles. The molecular formula is C18H15NO6S. The lowest BCUT2D eigenvalue weighted by molar-refractivity contribution is -0.384. The number of ketones is 1. The summed E-state index contributed by atoms with van der Waals surface area (Å²) in [6, 6.07) is 14.1. The van der Waals surface area contributed by atoms with Gasteiger partial charge in [-0.15, -0.1) is 0 Å². The van der Waals surface area contributed by atoms with E-state index in [1.807, 2.05) is 0 Å². The number of aliphatic carboxylic acids is 1. The number of nitro benzene ring substituents is 1. The third kappa shape index (κ3) is 5.18. The van der Waals surface area contributed by atoms with Crippen molar-refractivity contribution in [1.82, 2.24) is 0 Å². The molecule has 1 N–H and O–H groups in total. The van der Waals surface area contributed by atoms with E-state index in [2.05, 4.69) is 0 Å². The Kier molecular flexibility index (Phi) is 6.51. The quantitative estimate of drug-likeness (QED) is 0.430. The number of hydrogen-bond donors (Lipinski definition) is 1. The first kappa shape index (κ1) is 19.2. The van der Waals surface area contributed by atoms with Gasteiger partial charge in [-0.25, -0.2) is 0 Å². The van der Waals surface area contributed by atoms with Crippen molar-refractivity contribution in [2.45, 2.75) is 18.9 Å². The minimum Gasteiger partial charge on any atom is -0.481 e. The van der Waals surface area contributed by atoms with E-state index >= 15 is 0 Å². The monoisotopic (exact) mass is 373 g/mol. The number of thiocarbonyl (C=S) groups is 1. The topological polar surface area (TPSA) is 107 Å². The minimum atomic E-state index is -1.12. The number of Topliss-reactive ketones (excluding diaryl/α,β-unsaturated/α-hetero) is 1. The number of nitrogens with zero attached hydrogens (tertiary/aromatic N) is 1. The Labute approximate surface area is 154 Å². The highest BCUT2D eigenvalue weighted by molar-refractivity contribution is 7.81. The number of carboxylic acids is 1. The van der Waals surface area contributed by atoms with Gasteiger partial charge in [0.1, 0.15) is 6.61 Å². The number of carboxylic acid groups (broad SMARTS) is 1. The van der Waals surface area contributed by atoms with Crippen LogP contribution in [0.2, 0.25) is 0 Å². The van der Waals surface area contributed by atoms with Gasteiger partial charge in [-0.05, 0) is 35.5 Å². The number of ether oxygens (including phenoxy) is 1. The Morgan fingerprint density at radius 2 is 1.73 bits per heavy atom. The van der Waals surface area contributed by atoms with E-state index in [1.54, 1.807) is 30.3 Å². The zero-order chi connectivity index (χ0) is 19.1. The molecule has 0 spiro atoms. The van der Waals surface area contributed by atoms with Crippen LogP contribution in [0.5, 0.6) is 0 Å². The van der Waals surface area contributed by atoms with Crippen LogP contribution < -0.4 is 0 Å². The summed E-state index contributed by atoms with van der Waals surface area (Å²) >= 11 is 5.00. The first-order valence-electron chi connectivity index (χ1n) is 7.59. The van der Waals surface area contributed by atoms with Crippen LogP contribution >= 0.6 is 12.2 Å². The number of carbonyl (C=O) groups excluding carboxylic acids is 1. The van der Waals surface area contributed by atoms with E-state index in [0.29, 0.717) is 11.1 Å². The third-order valence-corrected chi connectivity index (χ3v) is 3.93.